The second kappa shape index (κ2) is 9.56. The molecular formula is C23H28N2O4. The van der Waals surface area contributed by atoms with Crippen LogP contribution in [0.3, 0.4) is 0 Å². The van der Waals surface area contributed by atoms with E-state index < -0.39 is 0 Å². The number of nitrogens with zero attached hydrogens (tertiary/aromatic N) is 2. The zero-order chi connectivity index (χ0) is 20.8. The third-order valence-corrected chi connectivity index (χ3v) is 5.49. The van der Waals surface area contributed by atoms with E-state index in [0.717, 1.165) is 30.0 Å². The van der Waals surface area contributed by atoms with E-state index in [2.05, 4.69) is 17.0 Å². The monoisotopic (exact) mass is 396 g/mol. The van der Waals surface area contributed by atoms with Gasteiger partial charge in [0.15, 0.2) is 11.5 Å². The maximum absolute atomic E-state index is 11.5. The van der Waals surface area contributed by atoms with Crippen molar-refractivity contribution in [3.63, 3.8) is 0 Å². The van der Waals surface area contributed by atoms with Crippen LogP contribution in [0.5, 0.6) is 17.2 Å². The molecule has 1 aliphatic rings. The zero-order valence-corrected chi connectivity index (χ0v) is 17.5. The maximum Gasteiger partial charge on any atom is 0.163 e. The van der Waals surface area contributed by atoms with Gasteiger partial charge in [-0.25, -0.2) is 0 Å². The number of hydrogen-bond donors (Lipinski definition) is 0. The summed E-state index contributed by atoms with van der Waals surface area (Å²) in [6.07, 6.45) is 4.42. The van der Waals surface area contributed by atoms with Gasteiger partial charge in [-0.05, 0) is 66.9 Å². The van der Waals surface area contributed by atoms with Gasteiger partial charge in [0, 0.05) is 24.2 Å². The van der Waals surface area contributed by atoms with Crippen molar-refractivity contribution in [3.05, 3.63) is 52.4 Å². The predicted molar refractivity (Wildman–Crippen MR) is 116 cm³/mol. The topological polar surface area (TPSA) is 60.4 Å². The summed E-state index contributed by atoms with van der Waals surface area (Å²) >= 11 is 0. The highest BCUT2D eigenvalue weighted by Crippen LogP contribution is 2.37. The van der Waals surface area contributed by atoms with Gasteiger partial charge in [0.05, 0.1) is 21.3 Å². The molecule has 0 N–H and O–H groups in total. The summed E-state index contributed by atoms with van der Waals surface area (Å²) < 4.78 is 16.0. The Hall–Kier alpha value is -2.86. The van der Waals surface area contributed by atoms with Gasteiger partial charge in [0.2, 0.25) is 0 Å². The Kier molecular flexibility index (Phi) is 6.88. The lowest BCUT2D eigenvalue weighted by Crippen LogP contribution is -2.28. The van der Waals surface area contributed by atoms with Crippen LogP contribution >= 0.6 is 0 Å². The molecule has 0 unspecified atom stereocenters. The molecule has 29 heavy (non-hydrogen) atoms. The van der Waals surface area contributed by atoms with Crippen LogP contribution < -0.4 is 14.2 Å². The molecule has 0 amide bonds. The number of hydrogen-bond acceptors (Lipinski definition) is 6. The van der Waals surface area contributed by atoms with Crippen molar-refractivity contribution in [2.24, 2.45) is 5.18 Å². The number of methoxy groups -OCH3 is 3. The molecule has 6 nitrogen and oxygen atoms in total. The van der Waals surface area contributed by atoms with Gasteiger partial charge in [-0.2, -0.15) is 0 Å². The Balaban J connectivity index is 2.06. The fraction of sp³-hybridized carbons (Fsp3) is 0.391. The Labute approximate surface area is 172 Å². The molecule has 6 heteroatoms. The smallest absolute Gasteiger partial charge is 0.163 e. The van der Waals surface area contributed by atoms with Gasteiger partial charge >= 0.3 is 0 Å². The van der Waals surface area contributed by atoms with Crippen molar-refractivity contribution >= 4 is 17.3 Å². The first-order valence-electron chi connectivity index (χ1n) is 9.78. The highest BCUT2D eigenvalue weighted by Gasteiger charge is 2.22. The van der Waals surface area contributed by atoms with E-state index in [1.54, 1.807) is 33.5 Å². The predicted octanol–water partition coefficient (Wildman–Crippen LogP) is 5.14. The van der Waals surface area contributed by atoms with Crippen molar-refractivity contribution in [3.8, 4) is 17.2 Å². The van der Waals surface area contributed by atoms with Crippen LogP contribution in [-0.4, -0.2) is 45.4 Å². The minimum atomic E-state index is 0.322. The van der Waals surface area contributed by atoms with Crippen LogP contribution in [0.1, 0.15) is 30.9 Å². The van der Waals surface area contributed by atoms with E-state index in [1.807, 2.05) is 30.3 Å². The summed E-state index contributed by atoms with van der Waals surface area (Å²) in [5.74, 6) is 1.86. The number of nitroso groups, excluding NO2 is 1. The standard InChI is InChI=1S/C23H28N2O4/c1-16-6-5-11-25(16)15-19(17-7-9-20(27-2)10-8-17)12-18-13-22(28-3)23(29-4)14-21(18)24-26/h7-10,12-14,16H,5-6,11,15H2,1-4H3/b19-12-/t16-/m1/s1. The third-order valence-electron chi connectivity index (χ3n) is 5.49. The van der Waals surface area contributed by atoms with Crippen molar-refractivity contribution in [1.29, 1.82) is 0 Å². The van der Waals surface area contributed by atoms with Crippen LogP contribution in [0.25, 0.3) is 11.6 Å². The van der Waals surface area contributed by atoms with Gasteiger partial charge < -0.3 is 14.2 Å². The fourth-order valence-corrected chi connectivity index (χ4v) is 3.74. The molecule has 1 heterocycles. The molecular weight excluding hydrogens is 368 g/mol. The lowest BCUT2D eigenvalue weighted by atomic mass is 10.0. The van der Waals surface area contributed by atoms with Gasteiger partial charge in [-0.15, -0.1) is 4.91 Å². The summed E-state index contributed by atoms with van der Waals surface area (Å²) in [5, 5.41) is 3.21. The van der Waals surface area contributed by atoms with E-state index in [4.69, 9.17) is 14.2 Å². The van der Waals surface area contributed by atoms with Crippen LogP contribution in [0.4, 0.5) is 5.69 Å². The first-order valence-corrected chi connectivity index (χ1v) is 9.78. The quantitative estimate of drug-likeness (QED) is 0.457. The van der Waals surface area contributed by atoms with Crippen molar-refractivity contribution in [1.82, 2.24) is 4.90 Å². The van der Waals surface area contributed by atoms with Crippen molar-refractivity contribution in [2.75, 3.05) is 34.4 Å². The molecule has 0 saturated carbocycles. The van der Waals surface area contributed by atoms with Crippen molar-refractivity contribution < 1.29 is 14.2 Å². The molecule has 0 radical (unpaired) electrons. The summed E-state index contributed by atoms with van der Waals surface area (Å²) in [7, 11) is 4.78. The van der Waals surface area contributed by atoms with Crippen LogP contribution in [0.15, 0.2) is 41.6 Å². The minimum absolute atomic E-state index is 0.322. The number of likely N-dealkylation sites (tertiary alicyclic amines) is 1. The van der Waals surface area contributed by atoms with Gasteiger partial charge in [0.25, 0.3) is 0 Å². The van der Waals surface area contributed by atoms with E-state index in [9.17, 15) is 4.91 Å². The first-order chi connectivity index (χ1) is 14.1. The molecule has 0 aliphatic carbocycles. The molecule has 1 atom stereocenters. The summed E-state index contributed by atoms with van der Waals surface area (Å²) in [6.45, 7) is 4.12. The highest BCUT2D eigenvalue weighted by molar-refractivity contribution is 5.86. The Morgan fingerprint density at radius 1 is 1.10 bits per heavy atom. The molecule has 0 aromatic heterocycles. The van der Waals surface area contributed by atoms with Crippen molar-refractivity contribution in [2.45, 2.75) is 25.8 Å². The number of benzene rings is 2. The first kappa shape index (κ1) is 20.9. The highest BCUT2D eigenvalue weighted by atomic mass is 16.5. The average molecular weight is 396 g/mol. The second-order valence-electron chi connectivity index (χ2n) is 7.22. The van der Waals surface area contributed by atoms with Crippen LogP contribution in [0.2, 0.25) is 0 Å². The third kappa shape index (κ3) is 4.77. The number of rotatable bonds is 8. The van der Waals surface area contributed by atoms with E-state index in [-0.39, 0.29) is 0 Å². The molecule has 2 aromatic rings. The largest absolute Gasteiger partial charge is 0.497 e. The molecule has 1 fully saturated rings. The number of ether oxygens (including phenoxy) is 3. The lowest BCUT2D eigenvalue weighted by molar-refractivity contribution is 0.303. The van der Waals surface area contributed by atoms with Gasteiger partial charge in [-0.3, -0.25) is 4.90 Å². The molecule has 2 aromatic carbocycles. The summed E-state index contributed by atoms with van der Waals surface area (Å²) in [4.78, 5) is 14.0. The Morgan fingerprint density at radius 3 is 2.34 bits per heavy atom. The normalized spacial score (nSPS) is 17.2. The molecule has 1 aliphatic heterocycles. The molecule has 154 valence electrons. The minimum Gasteiger partial charge on any atom is -0.497 e. The van der Waals surface area contributed by atoms with E-state index in [0.29, 0.717) is 28.8 Å². The average Bonchev–Trinajstić information content (AvgIpc) is 3.17. The molecule has 0 spiro atoms. The molecule has 3 rings (SSSR count). The Morgan fingerprint density at radius 2 is 1.79 bits per heavy atom. The molecule has 0 bridgehead atoms. The fourth-order valence-electron chi connectivity index (χ4n) is 3.74. The van der Waals surface area contributed by atoms with Crippen LogP contribution in [-0.2, 0) is 0 Å². The van der Waals surface area contributed by atoms with E-state index in [1.165, 1.54) is 12.8 Å². The van der Waals surface area contributed by atoms with E-state index >= 15 is 0 Å². The summed E-state index contributed by atoms with van der Waals surface area (Å²) in [5.41, 5.74) is 3.22. The second-order valence-corrected chi connectivity index (χ2v) is 7.22. The van der Waals surface area contributed by atoms with Crippen LogP contribution in [0, 0.1) is 4.91 Å². The van der Waals surface area contributed by atoms with Gasteiger partial charge in [0.1, 0.15) is 11.4 Å². The van der Waals surface area contributed by atoms with Gasteiger partial charge in [-0.1, -0.05) is 12.1 Å². The SMILES string of the molecule is COc1ccc(/C(=C\c2cc(OC)c(OC)cc2N=O)CN2CCC[C@H]2C)cc1. The lowest BCUT2D eigenvalue weighted by Gasteiger charge is -2.23. The summed E-state index contributed by atoms with van der Waals surface area (Å²) in [6, 6.07) is 11.9. The Bertz CT molecular complexity index is 877. The molecule has 1 saturated heterocycles. The maximum atomic E-state index is 11.5. The zero-order valence-electron chi connectivity index (χ0n) is 17.5.